The largest absolute Gasteiger partial charge is 0.352 e. The van der Waals surface area contributed by atoms with Crippen LogP contribution in [0.4, 0.5) is 24.8 Å². The average molecular weight is 424 g/mol. The number of hydrogen-bond donors (Lipinski definition) is 3. The van der Waals surface area contributed by atoms with E-state index in [0.717, 1.165) is 31.6 Å². The molecule has 2 heterocycles. The number of likely N-dealkylation sites (N-methyl/N-ethyl adjacent to an activating group) is 1. The zero-order chi connectivity index (χ0) is 20.7. The van der Waals surface area contributed by atoms with E-state index in [9.17, 15) is 18.0 Å². The molecule has 10 heteroatoms. The molecule has 1 atom stereocenters. The first-order valence-corrected chi connectivity index (χ1v) is 9.29. The van der Waals surface area contributed by atoms with Gasteiger partial charge in [-0.3, -0.25) is 4.79 Å². The van der Waals surface area contributed by atoms with Gasteiger partial charge in [-0.2, -0.15) is 0 Å². The lowest BCUT2D eigenvalue weighted by molar-refractivity contribution is 0.102. The van der Waals surface area contributed by atoms with Crippen molar-refractivity contribution >= 4 is 40.2 Å². The number of hydrogen-bond acceptors (Lipinski definition) is 4. The molecular weight excluding hydrogens is 407 g/mol. The first-order valence-electron chi connectivity index (χ1n) is 8.91. The first-order chi connectivity index (χ1) is 13.8. The lowest BCUT2D eigenvalue weighted by atomic mass is 10.1. The summed E-state index contributed by atoms with van der Waals surface area (Å²) in [5, 5.41) is 5.47. The van der Waals surface area contributed by atoms with Crippen LogP contribution in [0.15, 0.2) is 24.3 Å². The first kappa shape index (κ1) is 19.5. The summed E-state index contributed by atoms with van der Waals surface area (Å²) in [6, 6.07) is 4.53. The van der Waals surface area contributed by atoms with Gasteiger partial charge in [-0.05, 0) is 44.3 Å². The Hall–Kier alpha value is -2.78. The summed E-state index contributed by atoms with van der Waals surface area (Å²) in [6.07, 6.45) is 0.878. The minimum absolute atomic E-state index is 0.0588. The molecule has 3 aromatic rings. The average Bonchev–Trinajstić information content (AvgIpc) is 3.27. The van der Waals surface area contributed by atoms with Gasteiger partial charge in [-0.25, -0.2) is 18.2 Å². The fourth-order valence-electron chi connectivity index (χ4n) is 3.37. The summed E-state index contributed by atoms with van der Waals surface area (Å²) in [5.74, 6) is -3.44. The number of amides is 1. The summed E-state index contributed by atoms with van der Waals surface area (Å²) < 4.78 is 41.7. The quantitative estimate of drug-likeness (QED) is 0.593. The van der Waals surface area contributed by atoms with Crippen molar-refractivity contribution in [1.82, 2.24) is 14.9 Å². The molecule has 152 valence electrons. The SMILES string of the molecule is CN1CC[C@H](Nc2nc3c(F)c(F)cc(C(=O)Nc4ccc(F)c(Cl)c4)c3[nH]2)C1. The molecule has 0 spiro atoms. The molecule has 4 rings (SSSR count). The zero-order valence-corrected chi connectivity index (χ0v) is 16.1. The number of aromatic nitrogens is 2. The minimum atomic E-state index is -1.20. The van der Waals surface area contributed by atoms with Crippen LogP contribution in [-0.2, 0) is 0 Å². The second-order valence-corrected chi connectivity index (χ2v) is 7.41. The number of rotatable bonds is 4. The summed E-state index contributed by atoms with van der Waals surface area (Å²) in [6.45, 7) is 1.70. The van der Waals surface area contributed by atoms with E-state index in [4.69, 9.17) is 11.6 Å². The summed E-state index contributed by atoms with van der Waals surface area (Å²) in [4.78, 5) is 21.8. The highest BCUT2D eigenvalue weighted by molar-refractivity contribution is 6.31. The number of anilines is 2. The van der Waals surface area contributed by atoms with Crippen molar-refractivity contribution in [3.05, 3.63) is 52.3 Å². The Kier molecular flexibility index (Phi) is 5.10. The molecule has 1 aliphatic heterocycles. The van der Waals surface area contributed by atoms with Crippen molar-refractivity contribution in [2.24, 2.45) is 0 Å². The minimum Gasteiger partial charge on any atom is -0.352 e. The Balaban J connectivity index is 1.66. The number of carbonyl (C=O) groups excluding carboxylic acids is 1. The van der Waals surface area contributed by atoms with Crippen LogP contribution in [0.1, 0.15) is 16.8 Å². The van der Waals surface area contributed by atoms with E-state index in [1.165, 1.54) is 12.1 Å². The number of fused-ring (bicyclic) bond motifs is 1. The van der Waals surface area contributed by atoms with Gasteiger partial charge >= 0.3 is 0 Å². The van der Waals surface area contributed by atoms with Crippen LogP contribution < -0.4 is 10.6 Å². The van der Waals surface area contributed by atoms with E-state index >= 15 is 0 Å². The highest BCUT2D eigenvalue weighted by Crippen LogP contribution is 2.27. The molecular formula is C19H17ClF3N5O. The number of nitrogens with zero attached hydrogens (tertiary/aromatic N) is 2. The molecule has 0 bridgehead atoms. The number of H-pyrrole nitrogens is 1. The fourth-order valence-corrected chi connectivity index (χ4v) is 3.55. The molecule has 1 aliphatic rings. The highest BCUT2D eigenvalue weighted by atomic mass is 35.5. The van der Waals surface area contributed by atoms with E-state index in [2.05, 4.69) is 25.5 Å². The molecule has 1 aromatic heterocycles. The van der Waals surface area contributed by atoms with E-state index in [1.54, 1.807) is 0 Å². The molecule has 1 amide bonds. The molecule has 1 fully saturated rings. The molecule has 3 N–H and O–H groups in total. The Labute approximate surface area is 169 Å². The highest BCUT2D eigenvalue weighted by Gasteiger charge is 2.24. The van der Waals surface area contributed by atoms with Crippen LogP contribution in [0, 0.1) is 17.5 Å². The molecule has 1 saturated heterocycles. The van der Waals surface area contributed by atoms with Crippen LogP contribution in [0.3, 0.4) is 0 Å². The number of aromatic amines is 1. The number of imidazole rings is 1. The van der Waals surface area contributed by atoms with Crippen molar-refractivity contribution < 1.29 is 18.0 Å². The van der Waals surface area contributed by atoms with Gasteiger partial charge < -0.3 is 20.5 Å². The number of carbonyl (C=O) groups is 1. The van der Waals surface area contributed by atoms with Gasteiger partial charge in [0.05, 0.1) is 16.1 Å². The van der Waals surface area contributed by atoms with Gasteiger partial charge in [0.25, 0.3) is 5.91 Å². The van der Waals surface area contributed by atoms with E-state index in [1.807, 2.05) is 7.05 Å². The van der Waals surface area contributed by atoms with Crippen LogP contribution in [-0.4, -0.2) is 47.0 Å². The lowest BCUT2D eigenvalue weighted by Gasteiger charge is -2.11. The summed E-state index contributed by atoms with van der Waals surface area (Å²) in [7, 11) is 1.99. The normalized spacial score (nSPS) is 17.1. The Morgan fingerprint density at radius 2 is 2.07 bits per heavy atom. The number of nitrogens with one attached hydrogen (secondary N) is 3. The molecule has 2 aromatic carbocycles. The second kappa shape index (κ2) is 7.57. The van der Waals surface area contributed by atoms with Crippen molar-refractivity contribution in [1.29, 1.82) is 0 Å². The topological polar surface area (TPSA) is 73.1 Å². The maximum Gasteiger partial charge on any atom is 0.257 e. The summed E-state index contributed by atoms with van der Waals surface area (Å²) >= 11 is 5.72. The maximum absolute atomic E-state index is 14.3. The van der Waals surface area contributed by atoms with Crippen LogP contribution in [0.25, 0.3) is 11.0 Å². The molecule has 0 saturated carbocycles. The van der Waals surface area contributed by atoms with Gasteiger partial charge in [-0.1, -0.05) is 11.6 Å². The van der Waals surface area contributed by atoms with E-state index < -0.39 is 23.4 Å². The van der Waals surface area contributed by atoms with Gasteiger partial charge in [0.15, 0.2) is 11.6 Å². The van der Waals surface area contributed by atoms with Gasteiger partial charge in [0.2, 0.25) is 5.95 Å². The Morgan fingerprint density at radius 1 is 1.28 bits per heavy atom. The number of halogens is 4. The molecule has 6 nitrogen and oxygen atoms in total. The second-order valence-electron chi connectivity index (χ2n) is 7.00. The van der Waals surface area contributed by atoms with E-state index in [0.29, 0.717) is 0 Å². The lowest BCUT2D eigenvalue weighted by Crippen LogP contribution is -2.24. The van der Waals surface area contributed by atoms with Crippen LogP contribution in [0.5, 0.6) is 0 Å². The van der Waals surface area contributed by atoms with E-state index in [-0.39, 0.29) is 39.3 Å². The van der Waals surface area contributed by atoms with Crippen molar-refractivity contribution in [2.45, 2.75) is 12.5 Å². The smallest absolute Gasteiger partial charge is 0.257 e. The predicted octanol–water partition coefficient (Wildman–Crippen LogP) is 4.00. The standard InChI is InChI=1S/C19H17ClF3N5O/c1-28-5-4-10(8-28)25-19-26-16-11(7-14(22)15(23)17(16)27-19)18(29)24-9-2-3-13(21)12(20)6-9/h2-3,6-7,10H,4-5,8H2,1H3,(H,24,29)(H2,25,26,27)/t10-/m0/s1. The molecule has 0 unspecified atom stereocenters. The van der Waals surface area contributed by atoms with Crippen molar-refractivity contribution in [3.63, 3.8) is 0 Å². The zero-order valence-electron chi connectivity index (χ0n) is 15.3. The third-order valence-electron chi connectivity index (χ3n) is 4.82. The monoisotopic (exact) mass is 423 g/mol. The molecule has 0 radical (unpaired) electrons. The number of likely N-dealkylation sites (tertiary alicyclic amines) is 1. The van der Waals surface area contributed by atoms with Gasteiger partial charge in [0, 0.05) is 18.3 Å². The maximum atomic E-state index is 14.3. The van der Waals surface area contributed by atoms with Crippen molar-refractivity contribution in [3.8, 4) is 0 Å². The summed E-state index contributed by atoms with van der Waals surface area (Å²) in [5.41, 5.74) is -0.140. The van der Waals surface area contributed by atoms with Crippen LogP contribution >= 0.6 is 11.6 Å². The Bertz CT molecular complexity index is 1100. The number of benzene rings is 2. The third kappa shape index (κ3) is 3.88. The van der Waals surface area contributed by atoms with Gasteiger partial charge in [-0.15, -0.1) is 0 Å². The predicted molar refractivity (Wildman–Crippen MR) is 105 cm³/mol. The molecule has 29 heavy (non-hydrogen) atoms. The van der Waals surface area contributed by atoms with Gasteiger partial charge in [0.1, 0.15) is 11.3 Å². The van der Waals surface area contributed by atoms with Crippen molar-refractivity contribution in [2.75, 3.05) is 30.8 Å². The fraction of sp³-hybridized carbons (Fsp3) is 0.263. The molecule has 0 aliphatic carbocycles. The van der Waals surface area contributed by atoms with Crippen LogP contribution in [0.2, 0.25) is 5.02 Å². The third-order valence-corrected chi connectivity index (χ3v) is 5.11. The Morgan fingerprint density at radius 3 is 2.76 bits per heavy atom.